The van der Waals surface area contributed by atoms with Crippen LogP contribution in [-0.4, -0.2) is 21.6 Å². The minimum absolute atomic E-state index is 0.286. The van der Waals surface area contributed by atoms with E-state index in [2.05, 4.69) is 54.0 Å². The third-order valence-electron chi connectivity index (χ3n) is 4.97. The van der Waals surface area contributed by atoms with Crippen LogP contribution in [-0.2, 0) is 13.6 Å². The van der Waals surface area contributed by atoms with Crippen molar-refractivity contribution in [3.8, 4) is 6.07 Å². The molecule has 3 heterocycles. The van der Waals surface area contributed by atoms with Crippen molar-refractivity contribution in [1.29, 1.82) is 5.26 Å². The van der Waals surface area contributed by atoms with Gasteiger partial charge in [-0.05, 0) is 42.2 Å². The van der Waals surface area contributed by atoms with Gasteiger partial charge in [0.2, 0.25) is 0 Å². The van der Waals surface area contributed by atoms with E-state index in [1.807, 2.05) is 14.1 Å². The van der Waals surface area contributed by atoms with Crippen LogP contribution in [0.4, 0.5) is 5.69 Å². The Hall–Kier alpha value is -2.75. The highest BCUT2D eigenvalue weighted by atomic mass is 35.5. The zero-order chi connectivity index (χ0) is 22.0. The molecule has 0 aliphatic rings. The number of hydrogen-bond donors (Lipinski definition) is 1. The number of fused-ring (bicyclic) bond motifs is 1. The highest BCUT2D eigenvalue weighted by Gasteiger charge is 2.15. The highest BCUT2D eigenvalue weighted by Crippen LogP contribution is 2.29. The molecule has 0 aliphatic carbocycles. The summed E-state index contributed by atoms with van der Waals surface area (Å²) in [7, 11) is 3.84. The van der Waals surface area contributed by atoms with Gasteiger partial charge >= 0.3 is 0 Å². The summed E-state index contributed by atoms with van der Waals surface area (Å²) in [5.74, 6) is 0.972. The Bertz CT molecular complexity index is 1140. The van der Waals surface area contributed by atoms with E-state index in [0.29, 0.717) is 18.3 Å². The van der Waals surface area contributed by atoms with Crippen LogP contribution in [0, 0.1) is 18.3 Å². The first-order valence-corrected chi connectivity index (χ1v) is 10.3. The number of pyridine rings is 2. The van der Waals surface area contributed by atoms with E-state index in [9.17, 15) is 5.26 Å². The normalized spacial score (nSPS) is 11.8. The lowest BCUT2D eigenvalue weighted by Crippen LogP contribution is -2.28. The molecule has 156 valence electrons. The van der Waals surface area contributed by atoms with Crippen LogP contribution >= 0.6 is 23.2 Å². The molecule has 0 saturated heterocycles. The van der Waals surface area contributed by atoms with Gasteiger partial charge in [0, 0.05) is 31.4 Å². The van der Waals surface area contributed by atoms with E-state index in [-0.39, 0.29) is 10.3 Å². The number of nitrogens with one attached hydrogen (secondary N) is 1. The average molecular weight is 443 g/mol. The lowest BCUT2D eigenvalue weighted by Gasteiger charge is -2.23. The molecule has 3 aromatic heterocycles. The number of nitriles is 1. The molecule has 3 rings (SSSR count). The zero-order valence-electron chi connectivity index (χ0n) is 17.7. The molecule has 0 atom stereocenters. The molecule has 6 nitrogen and oxygen atoms in total. The van der Waals surface area contributed by atoms with E-state index in [4.69, 9.17) is 28.2 Å². The number of hydrogen-bond acceptors (Lipinski definition) is 5. The second-order valence-electron chi connectivity index (χ2n) is 7.52. The van der Waals surface area contributed by atoms with E-state index in [1.54, 1.807) is 17.0 Å². The number of halogens is 2. The van der Waals surface area contributed by atoms with Gasteiger partial charge in [-0.3, -0.25) is 0 Å². The Labute approximate surface area is 186 Å². The fourth-order valence-corrected chi connectivity index (χ4v) is 3.97. The molecular formula is C22H24Cl2N6. The average Bonchev–Trinajstić information content (AvgIpc) is 2.97. The summed E-state index contributed by atoms with van der Waals surface area (Å²) in [6, 6.07) is 7.60. The lowest BCUT2D eigenvalue weighted by molar-refractivity contribution is 0.751. The first-order chi connectivity index (χ1) is 14.2. The van der Waals surface area contributed by atoms with Gasteiger partial charge in [-0.2, -0.15) is 5.26 Å². The van der Waals surface area contributed by atoms with Gasteiger partial charge in [0.05, 0.1) is 24.4 Å². The number of rotatable bonds is 6. The predicted octanol–water partition coefficient (Wildman–Crippen LogP) is 5.30. The summed E-state index contributed by atoms with van der Waals surface area (Å²) in [4.78, 5) is 10.6. The molecule has 0 amide bonds. The Kier molecular flexibility index (Phi) is 6.55. The first kappa shape index (κ1) is 21.9. The fourth-order valence-electron chi connectivity index (χ4n) is 3.52. The maximum atomic E-state index is 9.26. The fraction of sp³-hybridized carbons (Fsp3) is 0.318. The molecule has 0 bridgehead atoms. The highest BCUT2D eigenvalue weighted by molar-refractivity contribution is 6.32. The molecule has 0 aliphatic heterocycles. The maximum absolute atomic E-state index is 9.26. The van der Waals surface area contributed by atoms with Crippen molar-refractivity contribution in [2.75, 3.05) is 11.9 Å². The molecule has 30 heavy (non-hydrogen) atoms. The largest absolute Gasteiger partial charge is 0.365 e. The monoisotopic (exact) mass is 442 g/mol. The molecule has 0 saturated carbocycles. The Morgan fingerprint density at radius 2 is 1.93 bits per heavy atom. The van der Waals surface area contributed by atoms with Crippen LogP contribution in [0.2, 0.25) is 10.3 Å². The van der Waals surface area contributed by atoms with Gasteiger partial charge in [0.15, 0.2) is 0 Å². The van der Waals surface area contributed by atoms with E-state index in [0.717, 1.165) is 17.0 Å². The molecule has 0 unspecified atom stereocenters. The summed E-state index contributed by atoms with van der Waals surface area (Å²) >= 11 is 12.1. The number of nitrogens with zero attached hydrogens (tertiary/aromatic N) is 5. The van der Waals surface area contributed by atoms with Crippen molar-refractivity contribution in [2.45, 2.75) is 33.2 Å². The van der Waals surface area contributed by atoms with E-state index in [1.165, 1.54) is 22.6 Å². The molecule has 1 N–H and O–H groups in total. The van der Waals surface area contributed by atoms with Gasteiger partial charge in [0.1, 0.15) is 21.8 Å². The van der Waals surface area contributed by atoms with Gasteiger partial charge in [-0.1, -0.05) is 37.0 Å². The maximum Gasteiger partial charge on any atom is 0.140 e. The Morgan fingerprint density at radius 1 is 1.27 bits per heavy atom. The SMILES string of the molecule is Cc1cn(C)c2nc(CN/C(=C/C#N)N(C)c3cc(Cl)nc(Cl)c3)cc(C(C)C)c12. The number of allylic oxidation sites excluding steroid dienone is 1. The first-order valence-electron chi connectivity index (χ1n) is 9.57. The smallest absolute Gasteiger partial charge is 0.140 e. The summed E-state index contributed by atoms with van der Waals surface area (Å²) < 4.78 is 2.05. The number of aromatic nitrogens is 3. The molecule has 3 aromatic rings. The Morgan fingerprint density at radius 3 is 2.53 bits per heavy atom. The number of aryl methyl sites for hydroxylation is 2. The van der Waals surface area contributed by atoms with Crippen LogP contribution in [0.3, 0.4) is 0 Å². The summed E-state index contributed by atoms with van der Waals surface area (Å²) in [6.45, 7) is 6.94. The standard InChI is InChI=1S/C22H24Cl2N6/c1-13(2)17-8-15(27-22-21(17)14(3)12-29(22)4)11-26-20(6-7-25)30(5)16-9-18(23)28-19(24)10-16/h6,8-10,12-13,26H,11H2,1-5H3/b20-6-. The van der Waals surface area contributed by atoms with E-state index < -0.39 is 0 Å². The molecule has 8 heteroatoms. The van der Waals surface area contributed by atoms with Crippen molar-refractivity contribution < 1.29 is 0 Å². The van der Waals surface area contributed by atoms with Crippen molar-refractivity contribution in [3.05, 3.63) is 63.4 Å². The third kappa shape index (κ3) is 4.53. The van der Waals surface area contributed by atoms with Crippen LogP contribution in [0.1, 0.15) is 36.6 Å². The lowest BCUT2D eigenvalue weighted by atomic mass is 9.98. The van der Waals surface area contributed by atoms with Gasteiger partial charge < -0.3 is 14.8 Å². The topological polar surface area (TPSA) is 69.8 Å². The van der Waals surface area contributed by atoms with E-state index >= 15 is 0 Å². The molecular weight excluding hydrogens is 419 g/mol. The quantitative estimate of drug-likeness (QED) is 0.414. The van der Waals surface area contributed by atoms with Gasteiger partial charge in [0.25, 0.3) is 0 Å². The molecule has 0 spiro atoms. The third-order valence-corrected chi connectivity index (χ3v) is 5.36. The van der Waals surface area contributed by atoms with Crippen molar-refractivity contribution in [1.82, 2.24) is 19.9 Å². The van der Waals surface area contributed by atoms with Crippen molar-refractivity contribution in [2.24, 2.45) is 7.05 Å². The number of anilines is 1. The summed E-state index contributed by atoms with van der Waals surface area (Å²) in [6.07, 6.45) is 3.54. The Balaban J connectivity index is 1.91. The molecule has 0 fully saturated rings. The van der Waals surface area contributed by atoms with Crippen LogP contribution in [0.25, 0.3) is 11.0 Å². The minimum Gasteiger partial charge on any atom is -0.365 e. The van der Waals surface area contributed by atoms with Crippen LogP contribution < -0.4 is 10.2 Å². The second-order valence-corrected chi connectivity index (χ2v) is 8.30. The van der Waals surface area contributed by atoms with Crippen molar-refractivity contribution >= 4 is 39.9 Å². The second kappa shape index (κ2) is 8.95. The van der Waals surface area contributed by atoms with Crippen molar-refractivity contribution in [3.63, 3.8) is 0 Å². The minimum atomic E-state index is 0.286. The molecule has 0 radical (unpaired) electrons. The summed E-state index contributed by atoms with van der Waals surface area (Å²) in [5.41, 5.74) is 5.07. The van der Waals surface area contributed by atoms with Gasteiger partial charge in [-0.25, -0.2) is 9.97 Å². The summed E-state index contributed by atoms with van der Waals surface area (Å²) in [5, 5.41) is 14.4. The predicted molar refractivity (Wildman–Crippen MR) is 123 cm³/mol. The van der Waals surface area contributed by atoms with Crippen LogP contribution in [0.15, 0.2) is 36.3 Å². The molecule has 0 aromatic carbocycles. The van der Waals surface area contributed by atoms with Crippen LogP contribution in [0.5, 0.6) is 0 Å². The zero-order valence-corrected chi connectivity index (χ0v) is 19.2. The van der Waals surface area contributed by atoms with Gasteiger partial charge in [-0.15, -0.1) is 0 Å².